The number of hydrogen-bond donors (Lipinski definition) is 0. The molecule has 0 saturated carbocycles. The largest absolute Gasteiger partial charge is 0.417 e. The Balaban J connectivity index is 1.91. The van der Waals surface area contributed by atoms with Gasteiger partial charge in [0.05, 0.1) is 33.6 Å². The molecule has 158 valence electrons. The summed E-state index contributed by atoms with van der Waals surface area (Å²) in [7, 11) is 0. The predicted molar refractivity (Wildman–Crippen MR) is 108 cm³/mol. The lowest BCUT2D eigenvalue weighted by molar-refractivity contribution is -0.137. The summed E-state index contributed by atoms with van der Waals surface area (Å²) in [5, 5.41) is 7.69. The molecule has 0 radical (unpaired) electrons. The quantitative estimate of drug-likeness (QED) is 0.528. The highest BCUT2D eigenvalue weighted by atomic mass is 35.5. The summed E-state index contributed by atoms with van der Waals surface area (Å²) < 4.78 is 41.0. The molecule has 1 aromatic carbocycles. The molecule has 0 saturated heterocycles. The maximum atomic E-state index is 13.1. The van der Waals surface area contributed by atoms with Crippen molar-refractivity contribution in [3.8, 4) is 0 Å². The third-order valence-electron chi connectivity index (χ3n) is 4.79. The van der Waals surface area contributed by atoms with E-state index >= 15 is 0 Å². The number of alkyl halides is 3. The zero-order valence-corrected chi connectivity index (χ0v) is 16.9. The average Bonchev–Trinajstić information content (AvgIpc) is 3.12. The van der Waals surface area contributed by atoms with Crippen LogP contribution in [0.5, 0.6) is 0 Å². The van der Waals surface area contributed by atoms with E-state index in [0.717, 1.165) is 11.8 Å². The molecule has 2 heterocycles. The summed E-state index contributed by atoms with van der Waals surface area (Å²) in [5.74, 6) is -0.590. The molecule has 7 nitrogen and oxygen atoms in total. The first kappa shape index (κ1) is 21.7. The smallest absolute Gasteiger partial charge is 0.330 e. The number of amides is 1. The Morgan fingerprint density at radius 1 is 1.40 bits per heavy atom. The number of hydrogen-bond acceptors (Lipinski definition) is 4. The second-order valence-corrected chi connectivity index (χ2v) is 7.02. The third kappa shape index (κ3) is 4.00. The Hall–Kier alpha value is -3.01. The number of aromatic nitrogens is 3. The van der Waals surface area contributed by atoms with Gasteiger partial charge in [-0.05, 0) is 32.7 Å². The highest BCUT2D eigenvalue weighted by molar-refractivity contribution is 6.34. The first-order valence-corrected chi connectivity index (χ1v) is 9.30. The predicted octanol–water partition coefficient (Wildman–Crippen LogP) is 4.26. The Bertz CT molecular complexity index is 1040. The van der Waals surface area contributed by atoms with E-state index in [1.807, 2.05) is 0 Å². The molecule has 2 aromatic rings. The summed E-state index contributed by atoms with van der Waals surface area (Å²) in [6.45, 7) is 7.12. The van der Waals surface area contributed by atoms with Crippen LogP contribution in [0, 0.1) is 0 Å². The molecule has 0 aliphatic carbocycles. The monoisotopic (exact) mass is 438 g/mol. The van der Waals surface area contributed by atoms with Crippen molar-refractivity contribution in [3.05, 3.63) is 51.9 Å². The Morgan fingerprint density at radius 2 is 2.13 bits per heavy atom. The van der Waals surface area contributed by atoms with Gasteiger partial charge in [0, 0.05) is 19.2 Å². The summed E-state index contributed by atoms with van der Waals surface area (Å²) in [6.07, 6.45) is -1.39. The van der Waals surface area contributed by atoms with Crippen molar-refractivity contribution in [1.82, 2.24) is 19.9 Å². The van der Waals surface area contributed by atoms with Gasteiger partial charge in [-0.3, -0.25) is 9.79 Å². The van der Waals surface area contributed by atoms with E-state index in [1.165, 1.54) is 23.4 Å². The normalized spacial score (nSPS) is 17.3. The van der Waals surface area contributed by atoms with Crippen molar-refractivity contribution in [1.29, 1.82) is 0 Å². The van der Waals surface area contributed by atoms with E-state index in [0.29, 0.717) is 17.8 Å². The van der Waals surface area contributed by atoms with E-state index in [9.17, 15) is 18.0 Å². The van der Waals surface area contributed by atoms with E-state index < -0.39 is 28.7 Å². The molecule has 11 heteroatoms. The molecule has 1 atom stereocenters. The van der Waals surface area contributed by atoms with Crippen LogP contribution in [-0.4, -0.2) is 45.4 Å². The number of carbonyl (C=O) groups is 1. The van der Waals surface area contributed by atoms with Gasteiger partial charge in [-0.15, -0.1) is 5.10 Å². The molecule has 1 aliphatic heterocycles. The molecular weight excluding hydrogens is 421 g/mol. The summed E-state index contributed by atoms with van der Waals surface area (Å²) >= 11 is 5.93. The molecule has 1 aliphatic rings. The van der Waals surface area contributed by atoms with Crippen molar-refractivity contribution in [2.45, 2.75) is 32.5 Å². The zero-order valence-electron chi connectivity index (χ0n) is 16.2. The lowest BCUT2D eigenvalue weighted by Gasteiger charge is -2.33. The van der Waals surface area contributed by atoms with Gasteiger partial charge in [-0.25, -0.2) is 9.67 Å². The number of halogens is 4. The van der Waals surface area contributed by atoms with Gasteiger partial charge in [0.15, 0.2) is 0 Å². The van der Waals surface area contributed by atoms with E-state index in [1.54, 1.807) is 24.7 Å². The molecule has 30 heavy (non-hydrogen) atoms. The van der Waals surface area contributed by atoms with Crippen LogP contribution in [0.4, 0.5) is 13.2 Å². The van der Waals surface area contributed by atoms with Crippen LogP contribution in [0.15, 0.2) is 34.4 Å². The van der Waals surface area contributed by atoms with Gasteiger partial charge in [0.1, 0.15) is 12.0 Å². The fraction of sp³-hybridized carbons (Fsp3) is 0.316. The molecule has 0 N–H and O–H groups in total. The second-order valence-electron chi connectivity index (χ2n) is 6.64. The topological polar surface area (TPSA) is 75.7 Å². The molecule has 0 spiro atoms. The maximum Gasteiger partial charge on any atom is 0.417 e. The van der Waals surface area contributed by atoms with Crippen LogP contribution < -0.4 is 0 Å². The molecule has 0 fully saturated rings. The maximum absolute atomic E-state index is 13.1. The number of benzene rings is 1. The van der Waals surface area contributed by atoms with Crippen LogP contribution in [-0.2, 0) is 12.6 Å². The first-order chi connectivity index (χ1) is 14.2. The summed E-state index contributed by atoms with van der Waals surface area (Å²) in [4.78, 5) is 21.9. The Morgan fingerprint density at radius 3 is 2.80 bits per heavy atom. The van der Waals surface area contributed by atoms with Gasteiger partial charge in [0.25, 0.3) is 5.91 Å². The highest BCUT2D eigenvalue weighted by Crippen LogP contribution is 2.38. The Kier molecular flexibility index (Phi) is 6.06. The van der Waals surface area contributed by atoms with E-state index in [4.69, 9.17) is 11.6 Å². The number of rotatable bonds is 4. The standard InChI is InChI=1S/C19H18ClF3N6O/c1-11(9-25-10-24-3)29-15-7-8-28(12(2)17(15)26-27-29)18(30)13-5-4-6-14(16(13)20)19(21,22)23/h4-6,9-10,12H,3,7-8H2,1-2H3/b11-9+,25-10?/t12-/m1/s1. The molecule has 1 amide bonds. The lowest BCUT2D eigenvalue weighted by atomic mass is 10.0. The number of aliphatic imine (C=N–C) groups is 2. The first-order valence-electron chi connectivity index (χ1n) is 8.92. The van der Waals surface area contributed by atoms with Crippen molar-refractivity contribution in [2.24, 2.45) is 9.98 Å². The second kappa shape index (κ2) is 8.39. The minimum atomic E-state index is -4.65. The lowest BCUT2D eigenvalue weighted by Crippen LogP contribution is -2.39. The van der Waals surface area contributed by atoms with Crippen LogP contribution in [0.25, 0.3) is 5.70 Å². The molecular formula is C19H18ClF3N6O. The zero-order chi connectivity index (χ0) is 22.1. The van der Waals surface area contributed by atoms with Gasteiger partial charge in [-0.2, -0.15) is 13.2 Å². The van der Waals surface area contributed by atoms with Crippen molar-refractivity contribution in [2.75, 3.05) is 6.54 Å². The SMILES string of the molecule is C=NC=N/C=C(\C)n1nnc2c1CCN(C(=O)c1cccc(C(F)(F)F)c1Cl)[C@@H]2C. The minimum Gasteiger partial charge on any atom is -0.330 e. The van der Waals surface area contributed by atoms with Crippen molar-refractivity contribution >= 4 is 36.3 Å². The molecule has 1 aromatic heterocycles. The van der Waals surface area contributed by atoms with Gasteiger partial charge < -0.3 is 4.90 Å². The molecule has 0 bridgehead atoms. The summed E-state index contributed by atoms with van der Waals surface area (Å²) in [6, 6.07) is 2.82. The summed E-state index contributed by atoms with van der Waals surface area (Å²) in [5.41, 5.74) is 0.822. The van der Waals surface area contributed by atoms with Crippen molar-refractivity contribution < 1.29 is 18.0 Å². The molecule has 0 unspecified atom stereocenters. The number of allylic oxidation sites excluding steroid dienone is 1. The van der Waals surface area contributed by atoms with Gasteiger partial charge in [-0.1, -0.05) is 22.9 Å². The van der Waals surface area contributed by atoms with Crippen molar-refractivity contribution in [3.63, 3.8) is 0 Å². The Labute approximate surface area is 175 Å². The van der Waals surface area contributed by atoms with Gasteiger partial charge >= 0.3 is 6.18 Å². The van der Waals surface area contributed by atoms with Crippen LogP contribution >= 0.6 is 11.6 Å². The number of nitrogens with zero attached hydrogens (tertiary/aromatic N) is 6. The van der Waals surface area contributed by atoms with Crippen LogP contribution in [0.2, 0.25) is 5.02 Å². The van der Waals surface area contributed by atoms with E-state index in [-0.39, 0.29) is 12.1 Å². The number of fused-ring (bicyclic) bond motifs is 1. The van der Waals surface area contributed by atoms with Crippen LogP contribution in [0.3, 0.4) is 0 Å². The fourth-order valence-corrected chi connectivity index (χ4v) is 3.63. The highest BCUT2D eigenvalue weighted by Gasteiger charge is 2.37. The third-order valence-corrected chi connectivity index (χ3v) is 5.19. The minimum absolute atomic E-state index is 0.198. The molecule has 3 rings (SSSR count). The average molecular weight is 439 g/mol. The van der Waals surface area contributed by atoms with Crippen LogP contribution in [0.1, 0.15) is 47.2 Å². The fourth-order valence-electron chi connectivity index (χ4n) is 3.31. The van der Waals surface area contributed by atoms with Gasteiger partial charge in [0.2, 0.25) is 0 Å². The van der Waals surface area contributed by atoms with E-state index in [2.05, 4.69) is 27.0 Å². The number of carbonyl (C=O) groups excluding carboxylic acids is 1.